The Balaban J connectivity index is 3.24. The van der Waals surface area contributed by atoms with Gasteiger partial charge in [-0.3, -0.25) is 4.79 Å². The van der Waals surface area contributed by atoms with Crippen molar-refractivity contribution in [1.29, 1.82) is 0 Å². The molecule has 0 aliphatic heterocycles. The normalized spacial score (nSPS) is 11.2. The summed E-state index contributed by atoms with van der Waals surface area (Å²) in [6.45, 7) is -1.26. The molecule has 0 aliphatic carbocycles. The minimum Gasteiger partial charge on any atom is -0.495 e. The predicted octanol–water partition coefficient (Wildman–Crippen LogP) is 2.09. The number of carboxylic acid groups (broad SMARTS) is 1. The van der Waals surface area contributed by atoms with Crippen molar-refractivity contribution in [2.24, 2.45) is 0 Å². The zero-order valence-electron chi connectivity index (χ0n) is 9.62. The van der Waals surface area contributed by atoms with Crippen LogP contribution in [0.15, 0.2) is 6.07 Å². The lowest BCUT2D eigenvalue weighted by molar-refractivity contribution is -0.276. The number of carboxylic acids is 1. The van der Waals surface area contributed by atoms with E-state index in [-0.39, 0.29) is 11.4 Å². The third-order valence-corrected chi connectivity index (χ3v) is 2.00. The Morgan fingerprint density at radius 3 is 2.53 bits per heavy atom. The first-order valence-electron chi connectivity index (χ1n) is 4.87. The van der Waals surface area contributed by atoms with Crippen molar-refractivity contribution >= 4 is 5.97 Å². The van der Waals surface area contributed by atoms with Gasteiger partial charge in [0.05, 0.1) is 19.2 Å². The second-order valence-electron chi connectivity index (χ2n) is 3.35. The van der Waals surface area contributed by atoms with Gasteiger partial charge in [0.2, 0.25) is 5.88 Å². The van der Waals surface area contributed by atoms with Crippen molar-refractivity contribution in [3.63, 3.8) is 0 Å². The molecule has 0 fully saturated rings. The fourth-order valence-electron chi connectivity index (χ4n) is 1.29. The molecule has 0 atom stereocenters. The molecule has 1 heterocycles. The fourth-order valence-corrected chi connectivity index (χ4v) is 1.29. The predicted molar refractivity (Wildman–Crippen MR) is 53.6 cm³/mol. The van der Waals surface area contributed by atoms with Crippen LogP contribution in [0.1, 0.15) is 11.3 Å². The summed E-state index contributed by atoms with van der Waals surface area (Å²) >= 11 is 0. The Labute approximate surface area is 104 Å². The van der Waals surface area contributed by atoms with Gasteiger partial charge in [0, 0.05) is 5.56 Å². The van der Waals surface area contributed by atoms with Gasteiger partial charge in [0.15, 0.2) is 0 Å². The van der Waals surface area contributed by atoms with Crippen molar-refractivity contribution in [3.05, 3.63) is 17.3 Å². The van der Waals surface area contributed by atoms with E-state index < -0.39 is 36.9 Å². The molecule has 106 valence electrons. The van der Waals surface area contributed by atoms with Crippen molar-refractivity contribution in [1.82, 2.24) is 4.98 Å². The van der Waals surface area contributed by atoms with E-state index in [0.717, 1.165) is 13.2 Å². The molecule has 0 saturated heterocycles. The number of methoxy groups -OCH3 is 1. The van der Waals surface area contributed by atoms with Gasteiger partial charge in [-0.15, -0.1) is 13.2 Å². The first-order valence-corrected chi connectivity index (χ1v) is 4.87. The molecule has 0 amide bonds. The summed E-state index contributed by atoms with van der Waals surface area (Å²) < 4.78 is 57.2. The highest BCUT2D eigenvalue weighted by molar-refractivity contribution is 5.70. The highest BCUT2D eigenvalue weighted by Crippen LogP contribution is 2.30. The minimum atomic E-state index is -5.05. The highest BCUT2D eigenvalue weighted by atomic mass is 19.4. The number of halogens is 4. The number of aromatic nitrogens is 1. The topological polar surface area (TPSA) is 68.7 Å². The van der Waals surface area contributed by atoms with E-state index in [2.05, 4.69) is 9.72 Å². The van der Waals surface area contributed by atoms with Crippen LogP contribution in [0, 0.1) is 0 Å². The third kappa shape index (κ3) is 4.27. The van der Waals surface area contributed by atoms with Gasteiger partial charge in [-0.05, 0) is 6.07 Å². The van der Waals surface area contributed by atoms with Crippen LogP contribution in [0.25, 0.3) is 0 Å². The summed E-state index contributed by atoms with van der Waals surface area (Å²) in [6, 6.07) is 0.923. The number of alkyl halides is 4. The average molecular weight is 283 g/mol. The largest absolute Gasteiger partial charge is 0.574 e. The van der Waals surface area contributed by atoms with Gasteiger partial charge in [-0.2, -0.15) is 0 Å². The molecule has 0 aromatic carbocycles. The van der Waals surface area contributed by atoms with Crippen LogP contribution in [0.2, 0.25) is 0 Å². The fraction of sp³-hybridized carbons (Fsp3) is 0.400. The molecule has 0 aliphatic rings. The lowest BCUT2D eigenvalue weighted by atomic mass is 10.2. The number of rotatable bonds is 5. The Morgan fingerprint density at radius 1 is 1.47 bits per heavy atom. The Bertz CT molecular complexity index is 475. The summed E-state index contributed by atoms with van der Waals surface area (Å²) in [5.41, 5.74) is -0.769. The van der Waals surface area contributed by atoms with Crippen molar-refractivity contribution < 1.29 is 36.9 Å². The van der Waals surface area contributed by atoms with Crippen LogP contribution in [0.3, 0.4) is 0 Å². The number of hydrogen-bond acceptors (Lipinski definition) is 4. The summed E-state index contributed by atoms with van der Waals surface area (Å²) in [7, 11) is 1.16. The maximum Gasteiger partial charge on any atom is 0.574 e. The van der Waals surface area contributed by atoms with Gasteiger partial charge in [-0.1, -0.05) is 0 Å². The molecule has 0 saturated carbocycles. The molecule has 1 aromatic heterocycles. The summed E-state index contributed by atoms with van der Waals surface area (Å²) in [5, 5.41) is 8.60. The molecule has 1 N–H and O–H groups in total. The molecular formula is C10H9F4NO4. The molecule has 1 aromatic rings. The van der Waals surface area contributed by atoms with Crippen LogP contribution in [0.4, 0.5) is 17.6 Å². The Morgan fingerprint density at radius 2 is 2.11 bits per heavy atom. The molecule has 19 heavy (non-hydrogen) atoms. The van der Waals surface area contributed by atoms with Crippen molar-refractivity contribution in [2.45, 2.75) is 19.5 Å². The van der Waals surface area contributed by atoms with E-state index in [1.807, 2.05) is 0 Å². The molecule has 9 heteroatoms. The highest BCUT2D eigenvalue weighted by Gasteiger charge is 2.33. The van der Waals surface area contributed by atoms with E-state index in [4.69, 9.17) is 9.84 Å². The first kappa shape index (κ1) is 15.0. The Hall–Kier alpha value is -2.06. The quantitative estimate of drug-likeness (QED) is 0.838. The standard InChI is InChI=1S/C10H9F4NO4/c1-18-7-2-5(4-11)9(19-10(12,13)14)15-6(7)3-8(16)17/h2H,3-4H2,1H3,(H,16,17). The summed E-state index contributed by atoms with van der Waals surface area (Å²) in [5.74, 6) is -2.46. The molecule has 0 radical (unpaired) electrons. The zero-order chi connectivity index (χ0) is 14.6. The van der Waals surface area contributed by atoms with Gasteiger partial charge in [0.1, 0.15) is 12.4 Å². The monoisotopic (exact) mass is 283 g/mol. The number of nitrogens with zero attached hydrogens (tertiary/aromatic N) is 1. The van der Waals surface area contributed by atoms with Crippen molar-refractivity contribution in [3.8, 4) is 11.6 Å². The van der Waals surface area contributed by atoms with Gasteiger partial charge in [0.25, 0.3) is 0 Å². The smallest absolute Gasteiger partial charge is 0.495 e. The van der Waals surface area contributed by atoms with Crippen LogP contribution >= 0.6 is 0 Å². The SMILES string of the molecule is COc1cc(CF)c(OC(F)(F)F)nc1CC(=O)O. The van der Waals surface area contributed by atoms with Crippen LogP contribution in [0.5, 0.6) is 11.6 Å². The van der Waals surface area contributed by atoms with Gasteiger partial charge >= 0.3 is 12.3 Å². The Kier molecular flexibility index (Phi) is 4.52. The zero-order valence-corrected chi connectivity index (χ0v) is 9.62. The van der Waals surface area contributed by atoms with E-state index in [1.165, 1.54) is 0 Å². The average Bonchev–Trinajstić information content (AvgIpc) is 2.26. The minimum absolute atomic E-state index is 0.121. The molecule has 0 unspecified atom stereocenters. The maximum atomic E-state index is 12.6. The van der Waals surface area contributed by atoms with E-state index in [0.29, 0.717) is 0 Å². The van der Waals surface area contributed by atoms with E-state index in [1.54, 1.807) is 0 Å². The molecule has 1 rings (SSSR count). The van der Waals surface area contributed by atoms with E-state index in [9.17, 15) is 22.4 Å². The van der Waals surface area contributed by atoms with Crippen LogP contribution in [-0.2, 0) is 17.9 Å². The number of carbonyl (C=O) groups is 1. The number of pyridine rings is 1. The summed E-state index contributed by atoms with van der Waals surface area (Å²) in [6.07, 6.45) is -5.73. The maximum absolute atomic E-state index is 12.6. The van der Waals surface area contributed by atoms with Crippen LogP contribution < -0.4 is 9.47 Å². The molecule has 0 bridgehead atoms. The second-order valence-corrected chi connectivity index (χ2v) is 3.35. The molecule has 0 spiro atoms. The first-order chi connectivity index (χ1) is 8.76. The molecular weight excluding hydrogens is 274 g/mol. The number of ether oxygens (including phenoxy) is 2. The third-order valence-electron chi connectivity index (χ3n) is 2.00. The molecule has 5 nitrogen and oxygen atoms in total. The number of aliphatic carboxylic acids is 1. The summed E-state index contributed by atoms with van der Waals surface area (Å²) in [4.78, 5) is 13.9. The second kappa shape index (κ2) is 5.72. The number of hydrogen-bond donors (Lipinski definition) is 1. The van der Waals surface area contributed by atoms with Gasteiger partial charge in [-0.25, -0.2) is 9.37 Å². The lowest BCUT2D eigenvalue weighted by Crippen LogP contribution is -2.20. The van der Waals surface area contributed by atoms with Gasteiger partial charge < -0.3 is 14.6 Å². The van der Waals surface area contributed by atoms with E-state index >= 15 is 0 Å². The van der Waals surface area contributed by atoms with Crippen molar-refractivity contribution in [2.75, 3.05) is 7.11 Å². The van der Waals surface area contributed by atoms with Crippen LogP contribution in [-0.4, -0.2) is 29.5 Å². The lowest BCUT2D eigenvalue weighted by Gasteiger charge is -2.14.